The average Bonchev–Trinajstić information content (AvgIpc) is 2.34. The van der Waals surface area contributed by atoms with Crippen LogP contribution in [-0.4, -0.2) is 22.0 Å². The number of anilines is 1. The van der Waals surface area contributed by atoms with E-state index >= 15 is 0 Å². The highest BCUT2D eigenvalue weighted by molar-refractivity contribution is 5.30. The predicted molar refractivity (Wildman–Crippen MR) is 52.3 cm³/mol. The van der Waals surface area contributed by atoms with Gasteiger partial charge in [-0.05, 0) is 20.8 Å². The Labute approximate surface area is 78.7 Å². The molecule has 0 aliphatic heterocycles. The molecule has 4 nitrogen and oxygen atoms in total. The SMILES string of the molecule is CCOC(C)(C)Cn1cc(N)cn1. The van der Waals surface area contributed by atoms with Crippen LogP contribution in [0.3, 0.4) is 0 Å². The van der Waals surface area contributed by atoms with Crippen molar-refractivity contribution < 1.29 is 4.74 Å². The Balaban J connectivity index is 2.57. The Bertz CT molecular complexity index is 268. The van der Waals surface area contributed by atoms with Gasteiger partial charge in [-0.2, -0.15) is 5.10 Å². The molecule has 0 spiro atoms. The minimum absolute atomic E-state index is 0.187. The van der Waals surface area contributed by atoms with Crippen LogP contribution in [0.2, 0.25) is 0 Å². The van der Waals surface area contributed by atoms with Gasteiger partial charge in [0.05, 0.1) is 24.0 Å². The molecule has 4 heteroatoms. The molecule has 0 amide bonds. The molecule has 1 aromatic rings. The zero-order chi connectivity index (χ0) is 9.90. The molecule has 0 bridgehead atoms. The van der Waals surface area contributed by atoms with E-state index in [9.17, 15) is 0 Å². The van der Waals surface area contributed by atoms with Gasteiger partial charge >= 0.3 is 0 Å². The molecule has 74 valence electrons. The van der Waals surface area contributed by atoms with E-state index in [1.54, 1.807) is 17.1 Å². The van der Waals surface area contributed by atoms with Gasteiger partial charge in [-0.15, -0.1) is 0 Å². The van der Waals surface area contributed by atoms with Crippen molar-refractivity contribution in [2.24, 2.45) is 0 Å². The largest absolute Gasteiger partial charge is 0.396 e. The van der Waals surface area contributed by atoms with Gasteiger partial charge in [0.15, 0.2) is 0 Å². The molecule has 0 saturated carbocycles. The lowest BCUT2D eigenvalue weighted by Gasteiger charge is -2.24. The highest BCUT2D eigenvalue weighted by Gasteiger charge is 2.18. The third kappa shape index (κ3) is 3.06. The molecule has 0 atom stereocenters. The lowest BCUT2D eigenvalue weighted by atomic mass is 10.1. The first-order valence-electron chi connectivity index (χ1n) is 4.45. The second kappa shape index (κ2) is 3.79. The zero-order valence-corrected chi connectivity index (χ0v) is 8.45. The normalized spacial score (nSPS) is 11.9. The van der Waals surface area contributed by atoms with Crippen LogP contribution in [-0.2, 0) is 11.3 Å². The van der Waals surface area contributed by atoms with Gasteiger partial charge in [-0.25, -0.2) is 0 Å². The second-order valence-corrected chi connectivity index (χ2v) is 3.66. The molecular weight excluding hydrogens is 166 g/mol. The lowest BCUT2D eigenvalue weighted by Crippen LogP contribution is -2.30. The molecular formula is C9H17N3O. The molecule has 0 radical (unpaired) electrons. The number of rotatable bonds is 4. The Morgan fingerprint density at radius 2 is 2.31 bits per heavy atom. The van der Waals surface area contributed by atoms with Crippen molar-refractivity contribution in [2.45, 2.75) is 32.9 Å². The van der Waals surface area contributed by atoms with Gasteiger partial charge in [0.25, 0.3) is 0 Å². The van der Waals surface area contributed by atoms with E-state index in [1.807, 2.05) is 20.8 Å². The molecule has 0 saturated heterocycles. The summed E-state index contributed by atoms with van der Waals surface area (Å²) >= 11 is 0. The van der Waals surface area contributed by atoms with Crippen LogP contribution >= 0.6 is 0 Å². The summed E-state index contributed by atoms with van der Waals surface area (Å²) in [7, 11) is 0. The van der Waals surface area contributed by atoms with Crippen molar-refractivity contribution in [3.05, 3.63) is 12.4 Å². The predicted octanol–water partition coefficient (Wildman–Crippen LogP) is 1.28. The topological polar surface area (TPSA) is 53.1 Å². The summed E-state index contributed by atoms with van der Waals surface area (Å²) in [6.07, 6.45) is 3.45. The number of nitrogens with zero attached hydrogens (tertiary/aromatic N) is 2. The summed E-state index contributed by atoms with van der Waals surface area (Å²) in [6.45, 7) is 7.49. The molecule has 0 aromatic carbocycles. The van der Waals surface area contributed by atoms with Crippen LogP contribution in [0, 0.1) is 0 Å². The van der Waals surface area contributed by atoms with E-state index < -0.39 is 0 Å². The second-order valence-electron chi connectivity index (χ2n) is 3.66. The molecule has 0 unspecified atom stereocenters. The first kappa shape index (κ1) is 10.1. The Kier molecular flexibility index (Phi) is 2.93. The number of hydrogen-bond acceptors (Lipinski definition) is 3. The summed E-state index contributed by atoms with van der Waals surface area (Å²) in [6, 6.07) is 0. The van der Waals surface area contributed by atoms with Crippen molar-refractivity contribution in [1.29, 1.82) is 0 Å². The van der Waals surface area contributed by atoms with Gasteiger partial charge in [0.2, 0.25) is 0 Å². The molecule has 1 heterocycles. The van der Waals surface area contributed by atoms with Crippen LogP contribution in [0.25, 0.3) is 0 Å². The molecule has 1 rings (SSSR count). The van der Waals surface area contributed by atoms with E-state index in [1.165, 1.54) is 0 Å². The van der Waals surface area contributed by atoms with Gasteiger partial charge in [-0.3, -0.25) is 4.68 Å². The maximum atomic E-state index is 5.55. The van der Waals surface area contributed by atoms with E-state index in [-0.39, 0.29) is 5.60 Å². The third-order valence-electron chi connectivity index (χ3n) is 1.73. The smallest absolute Gasteiger partial charge is 0.0821 e. The first-order chi connectivity index (χ1) is 6.03. The van der Waals surface area contributed by atoms with Crippen LogP contribution in [0.15, 0.2) is 12.4 Å². The average molecular weight is 183 g/mol. The summed E-state index contributed by atoms with van der Waals surface area (Å²) in [5, 5.41) is 4.09. The minimum atomic E-state index is -0.187. The van der Waals surface area contributed by atoms with Gasteiger partial charge < -0.3 is 10.5 Å². The monoisotopic (exact) mass is 183 g/mol. The molecule has 13 heavy (non-hydrogen) atoms. The van der Waals surface area contributed by atoms with E-state index in [0.29, 0.717) is 12.3 Å². The van der Waals surface area contributed by atoms with Crippen LogP contribution in [0.1, 0.15) is 20.8 Å². The highest BCUT2D eigenvalue weighted by Crippen LogP contribution is 2.12. The summed E-state index contributed by atoms with van der Waals surface area (Å²) < 4.78 is 7.34. The quantitative estimate of drug-likeness (QED) is 0.765. The van der Waals surface area contributed by atoms with Crippen LogP contribution in [0.5, 0.6) is 0 Å². The Morgan fingerprint density at radius 1 is 1.62 bits per heavy atom. The highest BCUT2D eigenvalue weighted by atomic mass is 16.5. The Hall–Kier alpha value is -1.03. The molecule has 0 aliphatic carbocycles. The van der Waals surface area contributed by atoms with Crippen LogP contribution < -0.4 is 5.73 Å². The Morgan fingerprint density at radius 3 is 2.77 bits per heavy atom. The third-order valence-corrected chi connectivity index (χ3v) is 1.73. The number of nitrogens with two attached hydrogens (primary N) is 1. The fourth-order valence-electron chi connectivity index (χ4n) is 1.29. The van der Waals surface area contributed by atoms with Crippen molar-refractivity contribution in [3.63, 3.8) is 0 Å². The van der Waals surface area contributed by atoms with E-state index in [2.05, 4.69) is 5.10 Å². The zero-order valence-electron chi connectivity index (χ0n) is 8.45. The summed E-state index contributed by atoms with van der Waals surface area (Å²) in [4.78, 5) is 0. The van der Waals surface area contributed by atoms with Crippen molar-refractivity contribution >= 4 is 5.69 Å². The number of aromatic nitrogens is 2. The molecule has 0 aliphatic rings. The van der Waals surface area contributed by atoms with Gasteiger partial charge in [-0.1, -0.05) is 0 Å². The van der Waals surface area contributed by atoms with Crippen molar-refractivity contribution in [2.75, 3.05) is 12.3 Å². The van der Waals surface area contributed by atoms with Gasteiger partial charge in [0, 0.05) is 12.8 Å². The van der Waals surface area contributed by atoms with E-state index in [4.69, 9.17) is 10.5 Å². The molecule has 0 fully saturated rings. The minimum Gasteiger partial charge on any atom is -0.396 e. The number of nitrogen functional groups attached to an aromatic ring is 1. The van der Waals surface area contributed by atoms with Crippen molar-refractivity contribution in [3.8, 4) is 0 Å². The maximum Gasteiger partial charge on any atom is 0.0821 e. The fraction of sp³-hybridized carbons (Fsp3) is 0.667. The first-order valence-corrected chi connectivity index (χ1v) is 4.45. The van der Waals surface area contributed by atoms with Crippen molar-refractivity contribution in [1.82, 2.24) is 9.78 Å². The summed E-state index contributed by atoms with van der Waals surface area (Å²) in [5.74, 6) is 0. The van der Waals surface area contributed by atoms with Gasteiger partial charge in [0.1, 0.15) is 0 Å². The van der Waals surface area contributed by atoms with Crippen LogP contribution in [0.4, 0.5) is 5.69 Å². The lowest BCUT2D eigenvalue weighted by molar-refractivity contribution is -0.0246. The number of hydrogen-bond donors (Lipinski definition) is 1. The molecule has 1 aromatic heterocycles. The standard InChI is InChI=1S/C9H17N3O/c1-4-13-9(2,3)7-12-6-8(10)5-11-12/h5-6H,4,7,10H2,1-3H3. The summed E-state index contributed by atoms with van der Waals surface area (Å²) in [5.41, 5.74) is 6.05. The fourth-order valence-corrected chi connectivity index (χ4v) is 1.29. The number of ether oxygens (including phenoxy) is 1. The molecule has 2 N–H and O–H groups in total. The maximum absolute atomic E-state index is 5.55. The van der Waals surface area contributed by atoms with E-state index in [0.717, 1.165) is 6.54 Å².